The minimum atomic E-state index is -1.64. The van der Waals surface area contributed by atoms with E-state index in [1.54, 1.807) is 24.3 Å². The lowest BCUT2D eigenvalue weighted by Gasteiger charge is -2.28. The lowest BCUT2D eigenvalue weighted by Crippen LogP contribution is -2.19. The molecule has 0 fully saturated rings. The zero-order chi connectivity index (χ0) is 19.2. The highest BCUT2D eigenvalue weighted by Crippen LogP contribution is 2.50. The molecule has 0 saturated carbocycles. The van der Waals surface area contributed by atoms with Crippen LogP contribution in [0.5, 0.6) is 11.5 Å². The van der Waals surface area contributed by atoms with Crippen LogP contribution in [-0.4, -0.2) is 14.0 Å². The van der Waals surface area contributed by atoms with Crippen LogP contribution in [0, 0.1) is 0 Å². The van der Waals surface area contributed by atoms with E-state index < -0.39 is 9.71 Å². The zero-order valence-electron chi connectivity index (χ0n) is 14.0. The first-order chi connectivity index (χ1) is 12.9. The topological polar surface area (TPSA) is 40.5 Å². The van der Waals surface area contributed by atoms with Gasteiger partial charge in [-0.1, -0.05) is 95.5 Å². The Morgan fingerprint density at radius 2 is 0.926 bits per heavy atom. The summed E-state index contributed by atoms with van der Waals surface area (Å²) in [6, 6.07) is 21.7. The molecule has 0 spiro atoms. The average molecular weight is 418 g/mol. The fourth-order valence-corrected chi connectivity index (χ4v) is 4.34. The van der Waals surface area contributed by atoms with Crippen molar-refractivity contribution in [3.63, 3.8) is 0 Å². The molecule has 0 heterocycles. The maximum atomic E-state index is 10.2. The Kier molecular flexibility index (Phi) is 4.59. The van der Waals surface area contributed by atoms with Gasteiger partial charge < -0.3 is 10.2 Å². The Hall–Kier alpha value is -2.13. The van der Waals surface area contributed by atoms with Crippen molar-refractivity contribution < 1.29 is 10.2 Å². The Labute approximate surface area is 171 Å². The quantitative estimate of drug-likeness (QED) is 0.348. The molecule has 27 heavy (non-hydrogen) atoms. The van der Waals surface area contributed by atoms with Crippen LogP contribution in [0.2, 0.25) is 0 Å². The maximum Gasteiger partial charge on any atom is 0.201 e. The van der Waals surface area contributed by atoms with E-state index >= 15 is 0 Å². The molecule has 0 atom stereocenters. The second-order valence-electron chi connectivity index (χ2n) is 6.41. The molecule has 0 saturated heterocycles. The van der Waals surface area contributed by atoms with Crippen LogP contribution in [0.25, 0.3) is 21.5 Å². The summed E-state index contributed by atoms with van der Waals surface area (Å²) in [6.45, 7) is 0. The van der Waals surface area contributed by atoms with Gasteiger partial charge in [0.25, 0.3) is 0 Å². The van der Waals surface area contributed by atoms with E-state index in [0.717, 1.165) is 21.9 Å². The van der Waals surface area contributed by atoms with Gasteiger partial charge in [0.15, 0.2) is 0 Å². The molecular formula is C22H15Cl3O2. The van der Waals surface area contributed by atoms with Crippen LogP contribution >= 0.6 is 34.8 Å². The van der Waals surface area contributed by atoms with Gasteiger partial charge in [-0.2, -0.15) is 0 Å². The molecular weight excluding hydrogens is 403 g/mol. The van der Waals surface area contributed by atoms with Crippen molar-refractivity contribution in [3.05, 3.63) is 83.9 Å². The molecule has 0 radical (unpaired) electrons. The highest BCUT2D eigenvalue weighted by Gasteiger charge is 2.37. The van der Waals surface area contributed by atoms with Crippen molar-refractivity contribution in [1.82, 2.24) is 0 Å². The number of hydrogen-bond donors (Lipinski definition) is 2. The van der Waals surface area contributed by atoms with Crippen LogP contribution < -0.4 is 0 Å². The van der Waals surface area contributed by atoms with Gasteiger partial charge in [0, 0.05) is 10.8 Å². The number of phenolic OH excluding ortho intramolecular Hbond substituents is 2. The first-order valence-electron chi connectivity index (χ1n) is 8.36. The van der Waals surface area contributed by atoms with Crippen LogP contribution in [0.4, 0.5) is 0 Å². The van der Waals surface area contributed by atoms with Gasteiger partial charge in [-0.15, -0.1) is 0 Å². The molecule has 0 unspecified atom stereocenters. The lowest BCUT2D eigenvalue weighted by molar-refractivity contribution is 0.481. The Balaban J connectivity index is 2.07. The van der Waals surface area contributed by atoms with Gasteiger partial charge in [0.1, 0.15) is 11.5 Å². The van der Waals surface area contributed by atoms with E-state index in [2.05, 4.69) is 0 Å². The van der Waals surface area contributed by atoms with Crippen LogP contribution in [0.3, 0.4) is 0 Å². The normalized spacial score (nSPS) is 12.1. The Morgan fingerprint density at radius 3 is 1.30 bits per heavy atom. The number of phenols is 2. The number of halogens is 3. The third kappa shape index (κ3) is 3.19. The van der Waals surface area contributed by atoms with Gasteiger partial charge in [0.05, 0.1) is 5.92 Å². The summed E-state index contributed by atoms with van der Waals surface area (Å²) < 4.78 is -1.64. The van der Waals surface area contributed by atoms with Crippen molar-refractivity contribution in [1.29, 1.82) is 0 Å². The molecule has 2 nitrogen and oxygen atoms in total. The largest absolute Gasteiger partial charge is 0.507 e. The molecule has 4 aromatic rings. The van der Waals surface area contributed by atoms with E-state index in [0.29, 0.717) is 10.8 Å². The zero-order valence-corrected chi connectivity index (χ0v) is 16.3. The predicted octanol–water partition coefficient (Wildman–Crippen LogP) is 6.91. The molecule has 0 aliphatic rings. The Bertz CT molecular complexity index is 1060. The molecule has 2 N–H and O–H groups in total. The van der Waals surface area contributed by atoms with Gasteiger partial charge in [-0.25, -0.2) is 0 Å². The molecule has 0 bridgehead atoms. The number of hydrogen-bond acceptors (Lipinski definition) is 2. The van der Waals surface area contributed by atoms with E-state index in [9.17, 15) is 10.2 Å². The first kappa shape index (κ1) is 18.2. The highest BCUT2D eigenvalue weighted by molar-refractivity contribution is 6.68. The number of fused-ring (bicyclic) bond motifs is 2. The fraction of sp³-hybridized carbons (Fsp3) is 0.0909. The monoisotopic (exact) mass is 416 g/mol. The van der Waals surface area contributed by atoms with Gasteiger partial charge in [0.2, 0.25) is 3.79 Å². The summed E-state index contributed by atoms with van der Waals surface area (Å²) in [6.07, 6.45) is 0. The predicted molar refractivity (Wildman–Crippen MR) is 113 cm³/mol. The summed E-state index contributed by atoms with van der Waals surface area (Å²) in [5, 5.41) is 23.5. The SMILES string of the molecule is Oc1ccc(C(c2ccc(O)c3ccccc23)C(Cl)(Cl)Cl)c2ccccc12. The maximum absolute atomic E-state index is 10.2. The molecule has 4 rings (SSSR count). The molecule has 0 aliphatic carbocycles. The third-order valence-corrected chi connectivity index (χ3v) is 5.47. The standard InChI is InChI=1S/C22H15Cl3O2/c23-22(24,25)21(17-9-11-19(26)15-7-3-1-5-13(15)17)18-10-12-20(27)16-8-4-2-6-14(16)18/h1-12,21,26-27H. The molecule has 4 aromatic carbocycles. The third-order valence-electron chi connectivity index (χ3n) is 4.82. The van der Waals surface area contributed by atoms with Crippen LogP contribution in [0.1, 0.15) is 17.0 Å². The number of rotatable bonds is 2. The molecule has 0 amide bonds. The van der Waals surface area contributed by atoms with Gasteiger partial charge >= 0.3 is 0 Å². The van der Waals surface area contributed by atoms with Crippen molar-refractivity contribution >= 4 is 56.3 Å². The van der Waals surface area contributed by atoms with Crippen molar-refractivity contribution in [2.45, 2.75) is 9.71 Å². The first-order valence-corrected chi connectivity index (χ1v) is 9.49. The van der Waals surface area contributed by atoms with E-state index in [4.69, 9.17) is 34.8 Å². The van der Waals surface area contributed by atoms with Gasteiger partial charge in [-0.05, 0) is 34.0 Å². The van der Waals surface area contributed by atoms with E-state index in [1.165, 1.54) is 0 Å². The second-order valence-corrected chi connectivity index (χ2v) is 8.78. The van der Waals surface area contributed by atoms with Crippen LogP contribution in [0.15, 0.2) is 72.8 Å². The summed E-state index contributed by atoms with van der Waals surface area (Å²) in [4.78, 5) is 0. The molecule has 136 valence electrons. The summed E-state index contributed by atoms with van der Waals surface area (Å²) in [5.41, 5.74) is 1.58. The smallest absolute Gasteiger partial charge is 0.201 e. The van der Waals surface area contributed by atoms with Crippen LogP contribution in [-0.2, 0) is 0 Å². The highest BCUT2D eigenvalue weighted by atomic mass is 35.6. The van der Waals surface area contributed by atoms with Gasteiger partial charge in [-0.3, -0.25) is 0 Å². The van der Waals surface area contributed by atoms with Crippen molar-refractivity contribution in [2.24, 2.45) is 0 Å². The number of alkyl halides is 3. The number of benzene rings is 4. The number of aromatic hydroxyl groups is 2. The molecule has 0 aliphatic heterocycles. The minimum Gasteiger partial charge on any atom is -0.507 e. The van der Waals surface area contributed by atoms with Crippen molar-refractivity contribution in [3.8, 4) is 11.5 Å². The fourth-order valence-electron chi connectivity index (χ4n) is 3.64. The Morgan fingerprint density at radius 1 is 0.556 bits per heavy atom. The minimum absolute atomic E-state index is 0.174. The molecule has 5 heteroatoms. The lowest BCUT2D eigenvalue weighted by atomic mass is 9.86. The summed E-state index contributed by atoms with van der Waals surface area (Å²) in [7, 11) is 0. The van der Waals surface area contributed by atoms with E-state index in [1.807, 2.05) is 48.5 Å². The second kappa shape index (κ2) is 6.79. The summed E-state index contributed by atoms with van der Waals surface area (Å²) in [5.74, 6) is -0.250. The van der Waals surface area contributed by atoms with Crippen molar-refractivity contribution in [2.75, 3.05) is 0 Å². The average Bonchev–Trinajstić information content (AvgIpc) is 2.65. The van der Waals surface area contributed by atoms with E-state index in [-0.39, 0.29) is 11.5 Å². The molecule has 0 aromatic heterocycles. The summed E-state index contributed by atoms with van der Waals surface area (Å²) >= 11 is 19.4.